The van der Waals surface area contributed by atoms with Crippen LogP contribution in [0.4, 0.5) is 0 Å². The molecule has 0 aliphatic carbocycles. The van der Waals surface area contributed by atoms with Crippen molar-refractivity contribution < 1.29 is 9.53 Å². The van der Waals surface area contributed by atoms with E-state index in [2.05, 4.69) is 36.9 Å². The summed E-state index contributed by atoms with van der Waals surface area (Å²) in [6.45, 7) is 8.46. The van der Waals surface area contributed by atoms with Gasteiger partial charge in [0.15, 0.2) is 0 Å². The average Bonchev–Trinajstić information content (AvgIpc) is 2.63. The number of ether oxygens (including phenoxy) is 1. The number of esters is 1. The zero-order valence-corrected chi connectivity index (χ0v) is 11.8. The second kappa shape index (κ2) is 6.17. The molecule has 0 unspecified atom stereocenters. The summed E-state index contributed by atoms with van der Waals surface area (Å²) in [6.07, 6.45) is 0.375. The van der Waals surface area contributed by atoms with Gasteiger partial charge in [-0.1, -0.05) is 20.8 Å². The van der Waals surface area contributed by atoms with Gasteiger partial charge in [-0.05, 0) is 17.5 Å². The average molecular weight is 255 g/mol. The Bertz CT molecular complexity index is 366. The molecular formula is C13H21NO2S. The third-order valence-corrected chi connectivity index (χ3v) is 3.30. The zero-order chi connectivity index (χ0) is 12.9. The number of rotatable bonds is 5. The van der Waals surface area contributed by atoms with Crippen LogP contribution in [0.2, 0.25) is 0 Å². The van der Waals surface area contributed by atoms with Crippen molar-refractivity contribution in [3.63, 3.8) is 0 Å². The van der Waals surface area contributed by atoms with Crippen LogP contribution < -0.4 is 5.32 Å². The summed E-state index contributed by atoms with van der Waals surface area (Å²) in [4.78, 5) is 13.4. The van der Waals surface area contributed by atoms with Gasteiger partial charge in [-0.25, -0.2) is 0 Å². The second-order valence-electron chi connectivity index (χ2n) is 5.29. The van der Waals surface area contributed by atoms with E-state index in [0.717, 1.165) is 18.0 Å². The maximum absolute atomic E-state index is 11.1. The molecule has 1 heterocycles. The molecule has 1 aromatic heterocycles. The molecule has 0 aliphatic heterocycles. The van der Waals surface area contributed by atoms with Crippen LogP contribution in [0.5, 0.6) is 0 Å². The van der Waals surface area contributed by atoms with E-state index in [4.69, 9.17) is 0 Å². The van der Waals surface area contributed by atoms with Gasteiger partial charge in [0.2, 0.25) is 0 Å². The van der Waals surface area contributed by atoms with Gasteiger partial charge < -0.3 is 10.1 Å². The fourth-order valence-corrected chi connectivity index (χ4v) is 2.36. The third kappa shape index (κ3) is 5.84. The second-order valence-corrected chi connectivity index (χ2v) is 6.54. The highest BCUT2D eigenvalue weighted by molar-refractivity contribution is 7.12. The van der Waals surface area contributed by atoms with Crippen LogP contribution in [-0.2, 0) is 22.5 Å². The molecule has 0 aromatic carbocycles. The van der Waals surface area contributed by atoms with E-state index in [-0.39, 0.29) is 5.97 Å². The molecule has 1 rings (SSSR count). The highest BCUT2D eigenvalue weighted by atomic mass is 32.1. The number of carbonyl (C=O) groups excluding carboxylic acids is 1. The van der Waals surface area contributed by atoms with E-state index >= 15 is 0 Å². The molecule has 0 saturated carbocycles. The van der Waals surface area contributed by atoms with Gasteiger partial charge >= 0.3 is 5.97 Å². The Kier molecular flexibility index (Phi) is 5.15. The molecule has 96 valence electrons. The van der Waals surface area contributed by atoms with E-state index in [9.17, 15) is 4.79 Å². The lowest BCUT2D eigenvalue weighted by molar-refractivity contribution is -0.139. The Labute approximate surface area is 107 Å². The summed E-state index contributed by atoms with van der Waals surface area (Å²) in [5.74, 6) is -0.180. The predicted octanol–water partition coefficient (Wildman–Crippen LogP) is 2.60. The number of hydrogen-bond donors (Lipinski definition) is 1. The molecule has 0 spiro atoms. The van der Waals surface area contributed by atoms with Crippen molar-refractivity contribution in [3.8, 4) is 0 Å². The van der Waals surface area contributed by atoms with Crippen molar-refractivity contribution in [1.82, 2.24) is 5.32 Å². The van der Waals surface area contributed by atoms with Crippen LogP contribution in [0, 0.1) is 5.41 Å². The fourth-order valence-electron chi connectivity index (χ4n) is 1.39. The van der Waals surface area contributed by atoms with Gasteiger partial charge in [-0.3, -0.25) is 4.79 Å². The first-order chi connectivity index (χ1) is 7.90. The first kappa shape index (κ1) is 14.2. The summed E-state index contributed by atoms with van der Waals surface area (Å²) in [5, 5.41) is 3.42. The monoisotopic (exact) mass is 255 g/mol. The van der Waals surface area contributed by atoms with Crippen LogP contribution in [0.25, 0.3) is 0 Å². The molecule has 1 aromatic rings. The molecule has 4 heteroatoms. The minimum atomic E-state index is -0.180. The quantitative estimate of drug-likeness (QED) is 0.822. The summed E-state index contributed by atoms with van der Waals surface area (Å²) in [7, 11) is 1.42. The lowest BCUT2D eigenvalue weighted by Gasteiger charge is -2.18. The summed E-state index contributed by atoms with van der Waals surface area (Å²) in [6, 6.07) is 4.06. The number of nitrogens with one attached hydrogen (secondary N) is 1. The van der Waals surface area contributed by atoms with E-state index in [1.54, 1.807) is 11.3 Å². The molecular weight excluding hydrogens is 234 g/mol. The van der Waals surface area contributed by atoms with Crippen LogP contribution >= 0.6 is 11.3 Å². The highest BCUT2D eigenvalue weighted by Gasteiger charge is 2.10. The molecule has 17 heavy (non-hydrogen) atoms. The molecule has 0 atom stereocenters. The van der Waals surface area contributed by atoms with E-state index in [1.807, 2.05) is 6.07 Å². The van der Waals surface area contributed by atoms with E-state index in [0.29, 0.717) is 11.8 Å². The SMILES string of the molecule is COC(=O)Cc1ccc(CNCC(C)(C)C)s1. The van der Waals surface area contributed by atoms with Crippen molar-refractivity contribution >= 4 is 17.3 Å². The van der Waals surface area contributed by atoms with Gasteiger partial charge in [0.1, 0.15) is 0 Å². The van der Waals surface area contributed by atoms with Gasteiger partial charge in [0.25, 0.3) is 0 Å². The largest absolute Gasteiger partial charge is 0.469 e. The lowest BCUT2D eigenvalue weighted by Crippen LogP contribution is -2.26. The molecule has 0 radical (unpaired) electrons. The highest BCUT2D eigenvalue weighted by Crippen LogP contribution is 2.18. The summed E-state index contributed by atoms with van der Waals surface area (Å²) < 4.78 is 4.64. The first-order valence-electron chi connectivity index (χ1n) is 5.76. The Balaban J connectivity index is 2.38. The molecule has 0 bridgehead atoms. The fraction of sp³-hybridized carbons (Fsp3) is 0.615. The topological polar surface area (TPSA) is 38.3 Å². The van der Waals surface area contributed by atoms with E-state index < -0.39 is 0 Å². The third-order valence-electron chi connectivity index (χ3n) is 2.22. The minimum absolute atomic E-state index is 0.180. The van der Waals surface area contributed by atoms with Crippen LogP contribution in [-0.4, -0.2) is 19.6 Å². The maximum Gasteiger partial charge on any atom is 0.310 e. The number of carbonyl (C=O) groups is 1. The number of thiophene rings is 1. The molecule has 0 saturated heterocycles. The molecule has 3 nitrogen and oxygen atoms in total. The lowest BCUT2D eigenvalue weighted by atomic mass is 9.97. The van der Waals surface area contributed by atoms with Crippen LogP contribution in [0.15, 0.2) is 12.1 Å². The van der Waals surface area contributed by atoms with Crippen molar-refractivity contribution in [2.24, 2.45) is 5.41 Å². The van der Waals surface area contributed by atoms with Crippen molar-refractivity contribution in [2.75, 3.05) is 13.7 Å². The minimum Gasteiger partial charge on any atom is -0.469 e. The smallest absolute Gasteiger partial charge is 0.310 e. The predicted molar refractivity (Wildman–Crippen MR) is 71.2 cm³/mol. The van der Waals surface area contributed by atoms with Crippen molar-refractivity contribution in [2.45, 2.75) is 33.7 Å². The standard InChI is InChI=1S/C13H21NO2S/c1-13(2,3)9-14-8-11-6-5-10(17-11)7-12(15)16-4/h5-6,14H,7-9H2,1-4H3. The van der Waals surface area contributed by atoms with Crippen LogP contribution in [0.3, 0.4) is 0 Å². The molecule has 0 fully saturated rings. The maximum atomic E-state index is 11.1. The Morgan fingerprint density at radius 2 is 2.00 bits per heavy atom. The zero-order valence-electron chi connectivity index (χ0n) is 11.0. The van der Waals surface area contributed by atoms with Gasteiger partial charge in [0, 0.05) is 22.8 Å². The van der Waals surface area contributed by atoms with Crippen LogP contribution in [0.1, 0.15) is 30.5 Å². The summed E-state index contributed by atoms with van der Waals surface area (Å²) >= 11 is 1.66. The Morgan fingerprint density at radius 1 is 1.35 bits per heavy atom. The van der Waals surface area contributed by atoms with Gasteiger partial charge in [0.05, 0.1) is 13.5 Å². The molecule has 0 amide bonds. The van der Waals surface area contributed by atoms with Crippen molar-refractivity contribution in [1.29, 1.82) is 0 Å². The summed E-state index contributed by atoms with van der Waals surface area (Å²) in [5.41, 5.74) is 0.298. The Morgan fingerprint density at radius 3 is 2.59 bits per heavy atom. The first-order valence-corrected chi connectivity index (χ1v) is 6.57. The van der Waals surface area contributed by atoms with Gasteiger partial charge in [-0.2, -0.15) is 0 Å². The van der Waals surface area contributed by atoms with Crippen molar-refractivity contribution in [3.05, 3.63) is 21.9 Å². The number of methoxy groups -OCH3 is 1. The number of hydrogen-bond acceptors (Lipinski definition) is 4. The Hall–Kier alpha value is -0.870. The molecule has 0 aliphatic rings. The molecule has 1 N–H and O–H groups in total. The van der Waals surface area contributed by atoms with E-state index in [1.165, 1.54) is 12.0 Å². The normalized spacial score (nSPS) is 11.5. The van der Waals surface area contributed by atoms with Gasteiger partial charge in [-0.15, -0.1) is 11.3 Å².